The fourth-order valence-electron chi connectivity index (χ4n) is 1.79. The average Bonchev–Trinajstić information content (AvgIpc) is 2.65. The van der Waals surface area contributed by atoms with Crippen molar-refractivity contribution in [2.45, 2.75) is 12.5 Å². The first kappa shape index (κ1) is 10.7. The Kier molecular flexibility index (Phi) is 2.66. The average molecular weight is 222 g/mol. The summed E-state index contributed by atoms with van der Waals surface area (Å²) < 4.78 is 0. The van der Waals surface area contributed by atoms with E-state index in [0.717, 1.165) is 6.54 Å². The summed E-state index contributed by atoms with van der Waals surface area (Å²) in [6.45, 7) is 1.24. The number of rotatable bonds is 2. The van der Waals surface area contributed by atoms with E-state index in [-0.39, 0.29) is 17.4 Å². The van der Waals surface area contributed by atoms with Crippen molar-refractivity contribution >= 4 is 17.4 Å². The van der Waals surface area contributed by atoms with Crippen molar-refractivity contribution in [3.8, 4) is 0 Å². The molecule has 2 heterocycles. The van der Waals surface area contributed by atoms with Gasteiger partial charge in [0.05, 0.1) is 23.6 Å². The normalized spacial score (nSPS) is 20.1. The van der Waals surface area contributed by atoms with E-state index in [1.165, 1.54) is 6.20 Å². The summed E-state index contributed by atoms with van der Waals surface area (Å²) in [4.78, 5) is 17.1. The maximum Gasteiger partial charge on any atom is 0.250 e. The molecular weight excluding hydrogens is 208 g/mol. The molecule has 2 rings (SSSR count). The van der Waals surface area contributed by atoms with Gasteiger partial charge in [0.1, 0.15) is 5.82 Å². The van der Waals surface area contributed by atoms with Crippen molar-refractivity contribution in [1.29, 1.82) is 0 Å². The van der Waals surface area contributed by atoms with Crippen LogP contribution in [-0.2, 0) is 0 Å². The summed E-state index contributed by atoms with van der Waals surface area (Å²) in [5.41, 5.74) is 11.3. The maximum absolute atomic E-state index is 11.1. The number of β-amino-alcohol motifs (C(OH)–C–C–N with tert-alkyl or cyclic N) is 1. The zero-order valence-electron chi connectivity index (χ0n) is 8.76. The molecule has 1 saturated heterocycles. The number of amides is 1. The third kappa shape index (κ3) is 1.92. The number of aliphatic hydroxyl groups is 1. The van der Waals surface area contributed by atoms with Crippen molar-refractivity contribution in [2.24, 2.45) is 5.73 Å². The molecule has 1 aliphatic heterocycles. The van der Waals surface area contributed by atoms with E-state index in [2.05, 4.69) is 4.98 Å². The molecule has 1 amide bonds. The summed E-state index contributed by atoms with van der Waals surface area (Å²) >= 11 is 0. The fraction of sp³-hybridized carbons (Fsp3) is 0.400. The van der Waals surface area contributed by atoms with Crippen LogP contribution in [0.25, 0.3) is 0 Å². The third-order valence-corrected chi connectivity index (χ3v) is 2.67. The quantitative estimate of drug-likeness (QED) is 0.615. The summed E-state index contributed by atoms with van der Waals surface area (Å²) in [7, 11) is 0. The summed E-state index contributed by atoms with van der Waals surface area (Å²) in [5, 5.41) is 9.41. The number of pyridine rings is 1. The van der Waals surface area contributed by atoms with Gasteiger partial charge in [0.15, 0.2) is 0 Å². The van der Waals surface area contributed by atoms with Crippen molar-refractivity contribution in [2.75, 3.05) is 23.7 Å². The van der Waals surface area contributed by atoms with Gasteiger partial charge in [0.25, 0.3) is 5.91 Å². The number of aromatic nitrogens is 1. The van der Waals surface area contributed by atoms with Crippen LogP contribution in [0.1, 0.15) is 16.8 Å². The van der Waals surface area contributed by atoms with Gasteiger partial charge in [-0.1, -0.05) is 0 Å². The minimum absolute atomic E-state index is 0.270. The van der Waals surface area contributed by atoms with Crippen LogP contribution in [-0.4, -0.2) is 35.2 Å². The number of nitrogens with two attached hydrogens (primary N) is 2. The van der Waals surface area contributed by atoms with Gasteiger partial charge < -0.3 is 21.5 Å². The highest BCUT2D eigenvalue weighted by atomic mass is 16.3. The molecule has 1 fully saturated rings. The van der Waals surface area contributed by atoms with Gasteiger partial charge in [-0.15, -0.1) is 0 Å². The first-order valence-corrected chi connectivity index (χ1v) is 5.06. The van der Waals surface area contributed by atoms with Crippen LogP contribution in [0, 0.1) is 0 Å². The molecule has 1 aromatic heterocycles. The third-order valence-electron chi connectivity index (χ3n) is 2.67. The predicted molar refractivity (Wildman–Crippen MR) is 60.0 cm³/mol. The van der Waals surface area contributed by atoms with Gasteiger partial charge in [-0.25, -0.2) is 4.98 Å². The standard InChI is InChI=1S/C10H14N4O2/c11-8-4-13-9(3-7(8)10(12)16)14-2-1-6(15)5-14/h3-4,6,15H,1-2,5,11H2,(H2,12,16). The lowest BCUT2D eigenvalue weighted by molar-refractivity contribution is 0.100. The minimum atomic E-state index is -0.569. The molecule has 0 aromatic carbocycles. The lowest BCUT2D eigenvalue weighted by Crippen LogP contribution is -2.23. The van der Waals surface area contributed by atoms with Crippen LogP contribution in [0.2, 0.25) is 0 Å². The molecular formula is C10H14N4O2. The molecule has 1 aromatic rings. The molecule has 6 nitrogen and oxygen atoms in total. The van der Waals surface area contributed by atoms with Crippen LogP contribution in [0.4, 0.5) is 11.5 Å². The number of hydrogen-bond acceptors (Lipinski definition) is 5. The number of carbonyl (C=O) groups is 1. The molecule has 0 bridgehead atoms. The largest absolute Gasteiger partial charge is 0.397 e. The highest BCUT2D eigenvalue weighted by Gasteiger charge is 2.22. The van der Waals surface area contributed by atoms with Crippen LogP contribution < -0.4 is 16.4 Å². The van der Waals surface area contributed by atoms with Gasteiger partial charge >= 0.3 is 0 Å². The lowest BCUT2D eigenvalue weighted by atomic mass is 10.2. The second kappa shape index (κ2) is 3.97. The van der Waals surface area contributed by atoms with Crippen LogP contribution in [0.15, 0.2) is 12.3 Å². The fourth-order valence-corrected chi connectivity index (χ4v) is 1.79. The topological polar surface area (TPSA) is 105 Å². The van der Waals surface area contributed by atoms with E-state index in [1.807, 2.05) is 4.90 Å². The van der Waals surface area contributed by atoms with Crippen LogP contribution in [0.5, 0.6) is 0 Å². The lowest BCUT2D eigenvalue weighted by Gasteiger charge is -2.17. The van der Waals surface area contributed by atoms with Crippen molar-refractivity contribution in [1.82, 2.24) is 4.98 Å². The summed E-state index contributed by atoms with van der Waals surface area (Å²) in [5.74, 6) is 0.0560. The van der Waals surface area contributed by atoms with E-state index in [9.17, 15) is 9.90 Å². The van der Waals surface area contributed by atoms with Crippen molar-refractivity contribution < 1.29 is 9.90 Å². The SMILES string of the molecule is NC(=O)c1cc(N2CCC(O)C2)ncc1N. The van der Waals surface area contributed by atoms with Crippen LogP contribution in [0.3, 0.4) is 0 Å². The molecule has 0 aliphatic carbocycles. The van der Waals surface area contributed by atoms with Crippen molar-refractivity contribution in [3.63, 3.8) is 0 Å². The summed E-state index contributed by atoms with van der Waals surface area (Å²) in [6.07, 6.45) is 1.79. The number of primary amides is 1. The molecule has 1 atom stereocenters. The number of aliphatic hydroxyl groups excluding tert-OH is 1. The van der Waals surface area contributed by atoms with E-state index in [0.29, 0.717) is 18.8 Å². The second-order valence-electron chi connectivity index (χ2n) is 3.88. The molecule has 16 heavy (non-hydrogen) atoms. The number of carbonyl (C=O) groups excluding carboxylic acids is 1. The Labute approximate surface area is 92.9 Å². The molecule has 86 valence electrons. The number of anilines is 2. The number of nitrogens with zero attached hydrogens (tertiary/aromatic N) is 2. The number of nitrogen functional groups attached to an aromatic ring is 1. The van der Waals surface area contributed by atoms with Gasteiger partial charge in [-0.2, -0.15) is 0 Å². The monoisotopic (exact) mass is 222 g/mol. The first-order chi connectivity index (χ1) is 7.58. The van der Waals surface area contributed by atoms with E-state index < -0.39 is 5.91 Å². The van der Waals surface area contributed by atoms with Gasteiger partial charge in [-0.05, 0) is 12.5 Å². The van der Waals surface area contributed by atoms with E-state index in [4.69, 9.17) is 11.5 Å². The molecule has 0 radical (unpaired) electrons. The zero-order valence-corrected chi connectivity index (χ0v) is 8.76. The molecule has 0 saturated carbocycles. The second-order valence-corrected chi connectivity index (χ2v) is 3.88. The molecule has 6 heteroatoms. The maximum atomic E-state index is 11.1. The smallest absolute Gasteiger partial charge is 0.250 e. The Bertz CT molecular complexity index is 421. The first-order valence-electron chi connectivity index (χ1n) is 5.06. The molecule has 1 aliphatic rings. The van der Waals surface area contributed by atoms with Gasteiger partial charge in [-0.3, -0.25) is 4.79 Å². The Morgan fingerprint density at radius 1 is 1.62 bits per heavy atom. The predicted octanol–water partition coefficient (Wildman–Crippen LogP) is -0.666. The highest BCUT2D eigenvalue weighted by molar-refractivity contribution is 5.98. The minimum Gasteiger partial charge on any atom is -0.397 e. The highest BCUT2D eigenvalue weighted by Crippen LogP contribution is 2.21. The Morgan fingerprint density at radius 2 is 2.38 bits per heavy atom. The molecule has 0 spiro atoms. The van der Waals surface area contributed by atoms with Crippen LogP contribution >= 0.6 is 0 Å². The zero-order chi connectivity index (χ0) is 11.7. The molecule has 1 unspecified atom stereocenters. The van der Waals surface area contributed by atoms with E-state index in [1.54, 1.807) is 6.07 Å². The Morgan fingerprint density at radius 3 is 2.94 bits per heavy atom. The summed E-state index contributed by atoms with van der Waals surface area (Å²) in [6, 6.07) is 1.57. The van der Waals surface area contributed by atoms with E-state index >= 15 is 0 Å². The number of hydrogen-bond donors (Lipinski definition) is 3. The van der Waals surface area contributed by atoms with Gasteiger partial charge in [0.2, 0.25) is 0 Å². The Hall–Kier alpha value is -1.82. The Balaban J connectivity index is 2.29. The van der Waals surface area contributed by atoms with Gasteiger partial charge in [0, 0.05) is 13.1 Å². The molecule has 5 N–H and O–H groups in total. The van der Waals surface area contributed by atoms with Crippen molar-refractivity contribution in [3.05, 3.63) is 17.8 Å².